The molecule has 116 valence electrons. The molecule has 2 aliphatic rings. The van der Waals surface area contributed by atoms with Gasteiger partial charge in [0.15, 0.2) is 0 Å². The molecular formula is C17H14ClN3O2. The molecule has 2 unspecified atom stereocenters. The normalized spacial score (nSPS) is 21.6. The number of hydrogen-bond donors (Lipinski definition) is 2. The number of hydrazine groups is 1. The zero-order valence-corrected chi connectivity index (χ0v) is 12.9. The van der Waals surface area contributed by atoms with Gasteiger partial charge in [0.2, 0.25) is 5.91 Å². The minimum Gasteiger partial charge on any atom is -0.306 e. The third-order valence-corrected chi connectivity index (χ3v) is 4.62. The van der Waals surface area contributed by atoms with Gasteiger partial charge in [-0.1, -0.05) is 35.9 Å². The maximum absolute atomic E-state index is 12.5. The van der Waals surface area contributed by atoms with Crippen LogP contribution in [0, 0.1) is 0 Å². The van der Waals surface area contributed by atoms with Crippen molar-refractivity contribution < 1.29 is 9.59 Å². The van der Waals surface area contributed by atoms with Gasteiger partial charge >= 0.3 is 6.03 Å². The number of urea groups is 1. The minimum atomic E-state index is -0.346. The summed E-state index contributed by atoms with van der Waals surface area (Å²) in [4.78, 5) is 24.8. The molecule has 0 saturated carbocycles. The summed E-state index contributed by atoms with van der Waals surface area (Å²) in [6.45, 7) is 0. The van der Waals surface area contributed by atoms with Crippen LogP contribution in [-0.4, -0.2) is 23.0 Å². The van der Waals surface area contributed by atoms with E-state index in [2.05, 4.69) is 10.7 Å². The topological polar surface area (TPSA) is 61.4 Å². The first-order valence-corrected chi connectivity index (χ1v) is 7.75. The molecule has 1 aliphatic carbocycles. The predicted octanol–water partition coefficient (Wildman–Crippen LogP) is 2.93. The van der Waals surface area contributed by atoms with Gasteiger partial charge in [-0.2, -0.15) is 0 Å². The first-order valence-electron chi connectivity index (χ1n) is 7.37. The lowest BCUT2D eigenvalue weighted by Gasteiger charge is -2.22. The van der Waals surface area contributed by atoms with Crippen LogP contribution in [0.25, 0.3) is 0 Å². The van der Waals surface area contributed by atoms with Crippen molar-refractivity contribution in [2.24, 2.45) is 0 Å². The summed E-state index contributed by atoms with van der Waals surface area (Å²) in [5.41, 5.74) is 5.45. The van der Waals surface area contributed by atoms with E-state index in [1.807, 2.05) is 24.3 Å². The van der Waals surface area contributed by atoms with E-state index in [1.165, 1.54) is 5.01 Å². The Kier molecular flexibility index (Phi) is 3.23. The Morgan fingerprint density at radius 2 is 1.91 bits per heavy atom. The zero-order valence-electron chi connectivity index (χ0n) is 12.1. The lowest BCUT2D eigenvalue weighted by atomic mass is 9.99. The highest BCUT2D eigenvalue weighted by molar-refractivity contribution is 6.30. The maximum Gasteiger partial charge on any atom is 0.340 e. The van der Waals surface area contributed by atoms with E-state index in [4.69, 9.17) is 11.6 Å². The number of nitrogens with zero attached hydrogens (tertiary/aromatic N) is 1. The van der Waals surface area contributed by atoms with Gasteiger partial charge in [0.25, 0.3) is 0 Å². The average molecular weight is 328 g/mol. The molecule has 0 radical (unpaired) electrons. The number of halogens is 1. The summed E-state index contributed by atoms with van der Waals surface area (Å²) in [6, 6.07) is 14.2. The van der Waals surface area contributed by atoms with Gasteiger partial charge in [-0.15, -0.1) is 0 Å². The summed E-state index contributed by atoms with van der Waals surface area (Å²) in [5.74, 6) is -0.423. The SMILES string of the molecule is O=C1NN(C(=O)Nc2ccc(Cl)cc2)C2Cc3ccccc3C12. The fourth-order valence-electron chi connectivity index (χ4n) is 3.32. The summed E-state index contributed by atoms with van der Waals surface area (Å²) in [6.07, 6.45) is 0.674. The molecule has 0 bridgehead atoms. The number of anilines is 1. The molecule has 1 aliphatic heterocycles. The molecule has 2 aromatic carbocycles. The molecular weight excluding hydrogens is 314 g/mol. The third kappa shape index (κ3) is 2.33. The second kappa shape index (κ2) is 5.28. The van der Waals surface area contributed by atoms with Crippen molar-refractivity contribution in [2.75, 3.05) is 5.32 Å². The van der Waals surface area contributed by atoms with Gasteiger partial charge in [0, 0.05) is 10.7 Å². The van der Waals surface area contributed by atoms with Gasteiger partial charge in [0.05, 0.1) is 12.0 Å². The second-order valence-corrected chi connectivity index (χ2v) is 6.17. The summed E-state index contributed by atoms with van der Waals surface area (Å²) < 4.78 is 0. The number of rotatable bonds is 1. The molecule has 3 amide bonds. The van der Waals surface area contributed by atoms with Gasteiger partial charge in [0.1, 0.15) is 0 Å². The number of hydrogen-bond acceptors (Lipinski definition) is 2. The fourth-order valence-corrected chi connectivity index (χ4v) is 3.45. The molecule has 1 saturated heterocycles. The van der Waals surface area contributed by atoms with Crippen LogP contribution in [0.2, 0.25) is 5.02 Å². The third-order valence-electron chi connectivity index (χ3n) is 4.36. The van der Waals surface area contributed by atoms with Crippen molar-refractivity contribution in [2.45, 2.75) is 18.4 Å². The zero-order chi connectivity index (χ0) is 16.0. The lowest BCUT2D eigenvalue weighted by Crippen LogP contribution is -2.46. The number of nitrogens with one attached hydrogen (secondary N) is 2. The molecule has 2 N–H and O–H groups in total. The van der Waals surface area contributed by atoms with Gasteiger partial charge in [-0.3, -0.25) is 10.2 Å². The van der Waals surface area contributed by atoms with Crippen LogP contribution >= 0.6 is 11.6 Å². The van der Waals surface area contributed by atoms with E-state index in [1.54, 1.807) is 24.3 Å². The van der Waals surface area contributed by atoms with Crippen molar-refractivity contribution in [3.8, 4) is 0 Å². The summed E-state index contributed by atoms with van der Waals surface area (Å²) in [5, 5.41) is 4.79. The van der Waals surface area contributed by atoms with E-state index >= 15 is 0 Å². The highest BCUT2D eigenvalue weighted by Gasteiger charge is 2.48. The fraction of sp³-hybridized carbons (Fsp3) is 0.176. The quantitative estimate of drug-likeness (QED) is 0.846. The van der Waals surface area contributed by atoms with Crippen LogP contribution in [0.4, 0.5) is 10.5 Å². The first kappa shape index (κ1) is 14.1. The molecule has 0 aromatic heterocycles. The van der Waals surface area contributed by atoms with E-state index in [0.717, 1.165) is 11.1 Å². The van der Waals surface area contributed by atoms with Crippen LogP contribution < -0.4 is 10.7 Å². The molecule has 6 heteroatoms. The van der Waals surface area contributed by atoms with Crippen LogP contribution in [0.15, 0.2) is 48.5 Å². The van der Waals surface area contributed by atoms with Crippen molar-refractivity contribution in [1.29, 1.82) is 0 Å². The van der Waals surface area contributed by atoms with Gasteiger partial charge in [-0.25, -0.2) is 9.80 Å². The van der Waals surface area contributed by atoms with Crippen molar-refractivity contribution in [1.82, 2.24) is 10.4 Å². The molecule has 4 rings (SSSR count). The Balaban J connectivity index is 1.56. The Morgan fingerprint density at radius 3 is 2.70 bits per heavy atom. The first-order chi connectivity index (χ1) is 11.1. The van der Waals surface area contributed by atoms with Crippen LogP contribution in [0.5, 0.6) is 0 Å². The van der Waals surface area contributed by atoms with Crippen LogP contribution in [0.3, 0.4) is 0 Å². The number of amides is 3. The van der Waals surface area contributed by atoms with E-state index < -0.39 is 0 Å². The highest BCUT2D eigenvalue weighted by atomic mass is 35.5. The maximum atomic E-state index is 12.5. The molecule has 23 heavy (non-hydrogen) atoms. The van der Waals surface area contributed by atoms with Gasteiger partial charge < -0.3 is 5.32 Å². The Hall–Kier alpha value is -2.53. The van der Waals surface area contributed by atoms with Crippen molar-refractivity contribution >= 4 is 29.2 Å². The smallest absolute Gasteiger partial charge is 0.306 e. The monoisotopic (exact) mass is 327 g/mol. The van der Waals surface area contributed by atoms with E-state index in [9.17, 15) is 9.59 Å². The Morgan fingerprint density at radius 1 is 1.17 bits per heavy atom. The highest BCUT2D eigenvalue weighted by Crippen LogP contribution is 2.39. The van der Waals surface area contributed by atoms with Crippen molar-refractivity contribution in [3.05, 3.63) is 64.7 Å². The average Bonchev–Trinajstić information content (AvgIpc) is 3.07. The van der Waals surface area contributed by atoms with E-state index in [0.29, 0.717) is 17.1 Å². The Labute approximate surface area is 138 Å². The molecule has 2 aromatic rings. The number of benzene rings is 2. The van der Waals surface area contributed by atoms with E-state index in [-0.39, 0.29) is 23.9 Å². The number of carbonyl (C=O) groups is 2. The predicted molar refractivity (Wildman–Crippen MR) is 87.1 cm³/mol. The number of carbonyl (C=O) groups excluding carboxylic acids is 2. The lowest BCUT2D eigenvalue weighted by molar-refractivity contribution is -0.121. The number of fused-ring (bicyclic) bond motifs is 3. The largest absolute Gasteiger partial charge is 0.340 e. The summed E-state index contributed by atoms with van der Waals surface area (Å²) in [7, 11) is 0. The molecule has 0 spiro atoms. The standard InChI is InChI=1S/C17H14ClN3O2/c18-11-5-7-12(8-6-11)19-17(23)21-14-9-10-3-1-2-4-13(10)15(14)16(22)20-21/h1-8,14-15H,9H2,(H,19,23)(H,20,22). The van der Waals surface area contributed by atoms with Crippen molar-refractivity contribution in [3.63, 3.8) is 0 Å². The van der Waals surface area contributed by atoms with Crippen LogP contribution in [-0.2, 0) is 11.2 Å². The van der Waals surface area contributed by atoms with Gasteiger partial charge in [-0.05, 0) is 41.8 Å². The molecule has 5 nitrogen and oxygen atoms in total. The summed E-state index contributed by atoms with van der Waals surface area (Å²) >= 11 is 5.84. The molecule has 1 fully saturated rings. The minimum absolute atomic E-state index is 0.133. The van der Waals surface area contributed by atoms with Crippen LogP contribution in [0.1, 0.15) is 17.0 Å². The Bertz CT molecular complexity index is 791. The molecule has 1 heterocycles. The molecule has 2 atom stereocenters. The second-order valence-electron chi connectivity index (χ2n) is 5.73.